The van der Waals surface area contributed by atoms with Crippen LogP contribution in [-0.4, -0.2) is 31.0 Å². The number of methoxy groups -OCH3 is 2. The van der Waals surface area contributed by atoms with Gasteiger partial charge in [-0.3, -0.25) is 0 Å². The van der Waals surface area contributed by atoms with Crippen LogP contribution in [0.5, 0.6) is 0 Å². The molecule has 0 aromatic rings. The van der Waals surface area contributed by atoms with Gasteiger partial charge in [0.1, 0.15) is 0 Å². The van der Waals surface area contributed by atoms with E-state index < -0.39 is 11.9 Å². The Morgan fingerprint density at radius 2 is 1.87 bits per heavy atom. The molecule has 0 aliphatic heterocycles. The standard InChI is InChI=1S/C10H13BrO4/c1-14-9(12)6-4-3-5-7(11)8(6)10(13)15-2/h7H,3-5H2,1-2H3. The quantitative estimate of drug-likeness (QED) is 0.568. The van der Waals surface area contributed by atoms with Crippen molar-refractivity contribution in [3.8, 4) is 0 Å². The molecule has 0 heterocycles. The molecule has 0 fully saturated rings. The van der Waals surface area contributed by atoms with Gasteiger partial charge < -0.3 is 9.47 Å². The summed E-state index contributed by atoms with van der Waals surface area (Å²) >= 11 is 3.37. The lowest BCUT2D eigenvalue weighted by Gasteiger charge is -2.21. The summed E-state index contributed by atoms with van der Waals surface area (Å²) in [5.41, 5.74) is 0.827. The summed E-state index contributed by atoms with van der Waals surface area (Å²) in [6.07, 6.45) is 2.25. The lowest BCUT2D eigenvalue weighted by Crippen LogP contribution is -2.24. The second-order valence-corrected chi connectivity index (χ2v) is 4.34. The Hall–Kier alpha value is -0.840. The highest BCUT2D eigenvalue weighted by Gasteiger charge is 2.30. The molecular weight excluding hydrogens is 264 g/mol. The van der Waals surface area contributed by atoms with E-state index in [0.29, 0.717) is 17.6 Å². The van der Waals surface area contributed by atoms with Crippen molar-refractivity contribution in [1.29, 1.82) is 0 Å². The first-order valence-electron chi connectivity index (χ1n) is 4.65. The van der Waals surface area contributed by atoms with Gasteiger partial charge in [-0.15, -0.1) is 0 Å². The normalized spacial score (nSPS) is 21.1. The Morgan fingerprint density at radius 3 is 2.40 bits per heavy atom. The molecule has 1 unspecified atom stereocenters. The second-order valence-electron chi connectivity index (χ2n) is 3.24. The predicted molar refractivity (Wildman–Crippen MR) is 57.6 cm³/mol. The van der Waals surface area contributed by atoms with Crippen LogP contribution < -0.4 is 0 Å². The Labute approximate surface area is 96.7 Å². The fraction of sp³-hybridized carbons (Fsp3) is 0.600. The summed E-state index contributed by atoms with van der Waals surface area (Å²) in [6, 6.07) is 0. The molecule has 84 valence electrons. The van der Waals surface area contributed by atoms with Crippen LogP contribution in [0.1, 0.15) is 19.3 Å². The summed E-state index contributed by atoms with van der Waals surface area (Å²) in [5.74, 6) is -0.906. The van der Waals surface area contributed by atoms with Crippen LogP contribution in [0.4, 0.5) is 0 Å². The van der Waals surface area contributed by atoms with Crippen LogP contribution >= 0.6 is 15.9 Å². The van der Waals surface area contributed by atoms with Gasteiger partial charge in [-0.05, 0) is 19.3 Å². The molecule has 0 saturated carbocycles. The summed E-state index contributed by atoms with van der Waals surface area (Å²) in [7, 11) is 2.61. The maximum Gasteiger partial charge on any atom is 0.335 e. The number of hydrogen-bond donors (Lipinski definition) is 0. The molecule has 1 aliphatic rings. The molecule has 0 N–H and O–H groups in total. The van der Waals surface area contributed by atoms with Crippen molar-refractivity contribution in [3.63, 3.8) is 0 Å². The van der Waals surface area contributed by atoms with Gasteiger partial charge in [0.2, 0.25) is 0 Å². The Kier molecular flexibility index (Phi) is 4.32. The van der Waals surface area contributed by atoms with Crippen LogP contribution in [0.25, 0.3) is 0 Å². The summed E-state index contributed by atoms with van der Waals surface area (Å²) in [4.78, 5) is 22.8. The maximum atomic E-state index is 11.5. The highest BCUT2D eigenvalue weighted by Crippen LogP contribution is 2.31. The minimum atomic E-state index is -0.461. The molecule has 1 atom stereocenters. The van der Waals surface area contributed by atoms with Gasteiger partial charge >= 0.3 is 11.9 Å². The van der Waals surface area contributed by atoms with E-state index in [1.807, 2.05) is 0 Å². The van der Waals surface area contributed by atoms with E-state index in [4.69, 9.17) is 0 Å². The van der Waals surface area contributed by atoms with Crippen molar-refractivity contribution in [1.82, 2.24) is 0 Å². The first kappa shape index (κ1) is 12.2. The molecule has 5 heteroatoms. The molecule has 4 nitrogen and oxygen atoms in total. The van der Waals surface area contributed by atoms with E-state index in [1.54, 1.807) is 0 Å². The fourth-order valence-corrected chi connectivity index (χ4v) is 2.41. The average Bonchev–Trinajstić information content (AvgIpc) is 2.26. The number of rotatable bonds is 2. The fourth-order valence-electron chi connectivity index (χ4n) is 1.62. The van der Waals surface area contributed by atoms with Gasteiger partial charge in [-0.2, -0.15) is 0 Å². The predicted octanol–water partition coefficient (Wildman–Crippen LogP) is 1.58. The van der Waals surface area contributed by atoms with Crippen molar-refractivity contribution >= 4 is 27.9 Å². The van der Waals surface area contributed by atoms with E-state index >= 15 is 0 Å². The summed E-state index contributed by atoms with van der Waals surface area (Å²) in [5, 5.41) is 0. The number of alkyl halides is 1. The van der Waals surface area contributed by atoms with Crippen molar-refractivity contribution in [2.45, 2.75) is 24.1 Å². The van der Waals surface area contributed by atoms with Crippen molar-refractivity contribution in [3.05, 3.63) is 11.1 Å². The summed E-state index contributed by atoms with van der Waals surface area (Å²) in [6.45, 7) is 0. The van der Waals surface area contributed by atoms with Crippen LogP contribution in [0.15, 0.2) is 11.1 Å². The molecule has 0 radical (unpaired) electrons. The maximum absolute atomic E-state index is 11.5. The number of esters is 2. The highest BCUT2D eigenvalue weighted by molar-refractivity contribution is 9.09. The van der Waals surface area contributed by atoms with Gasteiger partial charge in [0, 0.05) is 10.4 Å². The minimum Gasteiger partial charge on any atom is -0.466 e. The molecule has 1 rings (SSSR count). The van der Waals surface area contributed by atoms with Crippen LogP contribution in [-0.2, 0) is 19.1 Å². The van der Waals surface area contributed by atoms with Gasteiger partial charge in [0.15, 0.2) is 0 Å². The Morgan fingerprint density at radius 1 is 1.27 bits per heavy atom. The number of carbonyl (C=O) groups excluding carboxylic acids is 2. The van der Waals surface area contributed by atoms with Gasteiger partial charge in [-0.1, -0.05) is 15.9 Å². The van der Waals surface area contributed by atoms with Crippen LogP contribution in [0.3, 0.4) is 0 Å². The number of carbonyl (C=O) groups is 2. The smallest absolute Gasteiger partial charge is 0.335 e. The Bertz CT molecular complexity index is 309. The highest BCUT2D eigenvalue weighted by atomic mass is 79.9. The van der Waals surface area contributed by atoms with Crippen molar-refractivity contribution in [2.24, 2.45) is 0 Å². The van der Waals surface area contributed by atoms with E-state index in [9.17, 15) is 9.59 Å². The second kappa shape index (κ2) is 5.30. The first-order chi connectivity index (χ1) is 7.11. The first-order valence-corrected chi connectivity index (χ1v) is 5.57. The van der Waals surface area contributed by atoms with Gasteiger partial charge in [0.25, 0.3) is 0 Å². The minimum absolute atomic E-state index is 0.118. The molecule has 0 spiro atoms. The van der Waals surface area contributed by atoms with Gasteiger partial charge in [-0.25, -0.2) is 9.59 Å². The number of halogens is 1. The van der Waals surface area contributed by atoms with Crippen LogP contribution in [0.2, 0.25) is 0 Å². The Balaban J connectivity index is 3.10. The number of hydrogen-bond acceptors (Lipinski definition) is 4. The average molecular weight is 277 g/mol. The molecule has 0 aromatic carbocycles. The molecule has 0 saturated heterocycles. The third-order valence-electron chi connectivity index (χ3n) is 2.36. The van der Waals surface area contributed by atoms with Crippen molar-refractivity contribution < 1.29 is 19.1 Å². The van der Waals surface area contributed by atoms with E-state index in [1.165, 1.54) is 14.2 Å². The topological polar surface area (TPSA) is 52.6 Å². The molecule has 0 bridgehead atoms. The molecule has 0 aromatic heterocycles. The van der Waals surface area contributed by atoms with Crippen LogP contribution in [0, 0.1) is 0 Å². The molecule has 0 amide bonds. The SMILES string of the molecule is COC(=O)C1=C(C(=O)OC)C(Br)CCC1. The summed E-state index contributed by atoms with van der Waals surface area (Å²) < 4.78 is 9.29. The molecule has 1 aliphatic carbocycles. The zero-order valence-corrected chi connectivity index (χ0v) is 10.3. The van der Waals surface area contributed by atoms with E-state index in [-0.39, 0.29) is 4.83 Å². The zero-order valence-electron chi connectivity index (χ0n) is 8.71. The van der Waals surface area contributed by atoms with E-state index in [2.05, 4.69) is 25.4 Å². The molecule has 15 heavy (non-hydrogen) atoms. The largest absolute Gasteiger partial charge is 0.466 e. The van der Waals surface area contributed by atoms with Gasteiger partial charge in [0.05, 0.1) is 19.8 Å². The number of ether oxygens (including phenoxy) is 2. The zero-order chi connectivity index (χ0) is 11.4. The lowest BCUT2D eigenvalue weighted by molar-refractivity contribution is -0.139. The molecular formula is C10H13BrO4. The monoisotopic (exact) mass is 276 g/mol. The van der Waals surface area contributed by atoms with Crippen molar-refractivity contribution in [2.75, 3.05) is 14.2 Å². The van der Waals surface area contributed by atoms with E-state index in [0.717, 1.165) is 12.8 Å². The third kappa shape index (κ3) is 2.59. The lowest BCUT2D eigenvalue weighted by atomic mass is 9.91. The third-order valence-corrected chi connectivity index (χ3v) is 3.28.